The number of rotatable bonds is 4. The van der Waals surface area contributed by atoms with Crippen molar-refractivity contribution in [1.82, 2.24) is 15.3 Å². The van der Waals surface area contributed by atoms with Crippen LogP contribution in [0.25, 0.3) is 10.2 Å². The third-order valence-electron chi connectivity index (χ3n) is 4.29. The molecule has 0 bridgehead atoms. The van der Waals surface area contributed by atoms with E-state index in [0.717, 1.165) is 27.5 Å². The Morgan fingerprint density at radius 1 is 1.15 bits per heavy atom. The normalized spacial score (nSPS) is 11.8. The lowest BCUT2D eigenvalue weighted by molar-refractivity contribution is -0.138. The zero-order valence-electron chi connectivity index (χ0n) is 15.1. The van der Waals surface area contributed by atoms with Crippen molar-refractivity contribution >= 4 is 27.5 Å². The largest absolute Gasteiger partial charge is 0.416 e. The van der Waals surface area contributed by atoms with Crippen molar-refractivity contribution in [3.05, 3.63) is 57.4 Å². The topological polar surface area (TPSA) is 54.9 Å². The second-order valence-corrected chi connectivity index (χ2v) is 7.25. The molecule has 1 amide bonds. The number of carbonyl (C=O) groups excluding carboxylic acids is 1. The zero-order chi connectivity index (χ0) is 19.8. The van der Waals surface area contributed by atoms with Crippen molar-refractivity contribution in [2.24, 2.45) is 0 Å². The second kappa shape index (κ2) is 7.26. The number of alkyl halides is 3. The number of amides is 1. The van der Waals surface area contributed by atoms with Gasteiger partial charge in [-0.15, -0.1) is 11.3 Å². The Balaban J connectivity index is 1.75. The molecular formula is C19H18F3N3OS. The number of nitrogens with one attached hydrogen (secondary N) is 1. The highest BCUT2D eigenvalue weighted by atomic mass is 32.1. The average Bonchev–Trinajstić information content (AvgIpc) is 2.91. The molecule has 1 N–H and O–H groups in total. The Kier molecular flexibility index (Phi) is 5.19. The van der Waals surface area contributed by atoms with Crippen molar-refractivity contribution in [2.75, 3.05) is 6.54 Å². The molecular weight excluding hydrogens is 375 g/mol. The fourth-order valence-electron chi connectivity index (χ4n) is 3.10. The Hall–Kier alpha value is -2.48. The summed E-state index contributed by atoms with van der Waals surface area (Å²) in [5.74, 6) is 0.328. The molecule has 0 unspecified atom stereocenters. The molecule has 0 saturated heterocycles. The van der Waals surface area contributed by atoms with Gasteiger partial charge in [-0.3, -0.25) is 4.79 Å². The van der Waals surface area contributed by atoms with E-state index in [-0.39, 0.29) is 24.4 Å². The van der Waals surface area contributed by atoms with E-state index in [9.17, 15) is 18.0 Å². The molecule has 8 heteroatoms. The monoisotopic (exact) mass is 393 g/mol. The van der Waals surface area contributed by atoms with E-state index >= 15 is 0 Å². The van der Waals surface area contributed by atoms with Gasteiger partial charge in [-0.05, 0) is 44.4 Å². The molecule has 0 aliphatic carbocycles. The maximum Gasteiger partial charge on any atom is 0.416 e. The summed E-state index contributed by atoms with van der Waals surface area (Å²) in [5.41, 5.74) is 1.10. The number of carbonyl (C=O) groups is 1. The fourth-order valence-corrected chi connectivity index (χ4v) is 4.29. The molecule has 142 valence electrons. The third kappa shape index (κ3) is 3.95. The number of hydrogen-bond acceptors (Lipinski definition) is 4. The van der Waals surface area contributed by atoms with Crippen LogP contribution in [-0.2, 0) is 12.6 Å². The predicted molar refractivity (Wildman–Crippen MR) is 99.1 cm³/mol. The van der Waals surface area contributed by atoms with Gasteiger partial charge in [-0.25, -0.2) is 9.97 Å². The Labute approximate surface area is 158 Å². The fraction of sp³-hybridized carbons (Fsp3) is 0.316. The van der Waals surface area contributed by atoms with Gasteiger partial charge in [0, 0.05) is 17.6 Å². The quantitative estimate of drug-likeness (QED) is 0.704. The van der Waals surface area contributed by atoms with E-state index in [1.54, 1.807) is 13.0 Å². The van der Waals surface area contributed by atoms with Crippen molar-refractivity contribution in [2.45, 2.75) is 33.4 Å². The molecule has 27 heavy (non-hydrogen) atoms. The number of aromatic nitrogens is 2. The van der Waals surface area contributed by atoms with Crippen molar-refractivity contribution < 1.29 is 18.0 Å². The molecule has 0 aliphatic heterocycles. The zero-order valence-corrected chi connectivity index (χ0v) is 15.9. The molecule has 0 spiro atoms. The Morgan fingerprint density at radius 3 is 2.56 bits per heavy atom. The highest BCUT2D eigenvalue weighted by Crippen LogP contribution is 2.32. The molecule has 4 nitrogen and oxygen atoms in total. The van der Waals surface area contributed by atoms with Gasteiger partial charge in [0.1, 0.15) is 10.7 Å². The summed E-state index contributed by atoms with van der Waals surface area (Å²) in [4.78, 5) is 22.5. The van der Waals surface area contributed by atoms with Crippen LogP contribution in [0.5, 0.6) is 0 Å². The summed E-state index contributed by atoms with van der Waals surface area (Å²) < 4.78 is 39.1. The van der Waals surface area contributed by atoms with Crippen LogP contribution in [0, 0.1) is 20.8 Å². The van der Waals surface area contributed by atoms with Crippen molar-refractivity contribution in [3.63, 3.8) is 0 Å². The lowest BCUT2D eigenvalue weighted by atomic mass is 10.0. The number of thiophene rings is 1. The summed E-state index contributed by atoms with van der Waals surface area (Å²) in [7, 11) is 0. The molecule has 0 atom stereocenters. The number of fused-ring (bicyclic) bond motifs is 1. The van der Waals surface area contributed by atoms with E-state index in [1.165, 1.54) is 23.5 Å². The van der Waals surface area contributed by atoms with Crippen LogP contribution in [0.15, 0.2) is 24.3 Å². The minimum absolute atomic E-state index is 0.101. The third-order valence-corrected chi connectivity index (χ3v) is 5.48. The summed E-state index contributed by atoms with van der Waals surface area (Å²) in [6, 6.07) is 5.40. The van der Waals surface area contributed by atoms with Gasteiger partial charge in [0.25, 0.3) is 5.91 Å². The summed E-state index contributed by atoms with van der Waals surface area (Å²) in [6.45, 7) is 5.60. The maximum absolute atomic E-state index is 13.0. The predicted octanol–water partition coefficient (Wildman–Crippen LogP) is 4.61. The first-order valence-corrected chi connectivity index (χ1v) is 9.17. The van der Waals surface area contributed by atoms with Gasteiger partial charge in [0.2, 0.25) is 0 Å². The molecule has 0 fully saturated rings. The molecule has 0 radical (unpaired) electrons. The highest BCUT2D eigenvalue weighted by molar-refractivity contribution is 7.20. The van der Waals surface area contributed by atoms with Crippen LogP contribution in [0.2, 0.25) is 0 Å². The minimum Gasteiger partial charge on any atom is -0.351 e. The summed E-state index contributed by atoms with van der Waals surface area (Å²) in [6.07, 6.45) is -4.31. The van der Waals surface area contributed by atoms with Crippen LogP contribution in [0.4, 0.5) is 13.2 Å². The lowest BCUT2D eigenvalue weighted by Crippen LogP contribution is -2.26. The van der Waals surface area contributed by atoms with E-state index < -0.39 is 11.7 Å². The number of hydrogen-bond donors (Lipinski definition) is 1. The van der Waals surface area contributed by atoms with Crippen LogP contribution < -0.4 is 5.32 Å². The Morgan fingerprint density at radius 2 is 1.85 bits per heavy atom. The smallest absolute Gasteiger partial charge is 0.351 e. The van der Waals surface area contributed by atoms with E-state index in [1.807, 2.05) is 13.8 Å². The van der Waals surface area contributed by atoms with E-state index in [4.69, 9.17) is 0 Å². The number of nitrogens with zero attached hydrogens (tertiary/aromatic N) is 2. The van der Waals surface area contributed by atoms with Gasteiger partial charge in [0.15, 0.2) is 0 Å². The maximum atomic E-state index is 13.0. The van der Waals surface area contributed by atoms with E-state index in [0.29, 0.717) is 10.7 Å². The second-order valence-electron chi connectivity index (χ2n) is 6.25. The highest BCUT2D eigenvalue weighted by Gasteiger charge is 2.32. The SMILES string of the molecule is Cc1nc(C)c2c(C)c(C(=O)NCCc3ccccc3C(F)(F)F)sc2n1. The first kappa shape index (κ1) is 19.3. The molecule has 1 aromatic carbocycles. The van der Waals surface area contributed by atoms with E-state index in [2.05, 4.69) is 15.3 Å². The first-order valence-electron chi connectivity index (χ1n) is 8.36. The van der Waals surface area contributed by atoms with Crippen molar-refractivity contribution in [3.8, 4) is 0 Å². The van der Waals surface area contributed by atoms with Crippen LogP contribution in [0.3, 0.4) is 0 Å². The van der Waals surface area contributed by atoms with Crippen LogP contribution >= 0.6 is 11.3 Å². The summed E-state index contributed by atoms with van der Waals surface area (Å²) >= 11 is 1.27. The van der Waals surface area contributed by atoms with Crippen LogP contribution in [-0.4, -0.2) is 22.4 Å². The van der Waals surface area contributed by atoms with Gasteiger partial charge in [-0.1, -0.05) is 18.2 Å². The minimum atomic E-state index is -4.41. The molecule has 2 heterocycles. The average molecular weight is 393 g/mol. The molecule has 3 aromatic rings. The number of aryl methyl sites for hydroxylation is 3. The van der Waals surface area contributed by atoms with Gasteiger partial charge in [0.05, 0.1) is 10.4 Å². The molecule has 0 saturated carbocycles. The number of benzene rings is 1. The molecule has 3 rings (SSSR count). The van der Waals surface area contributed by atoms with Gasteiger partial charge in [-0.2, -0.15) is 13.2 Å². The first-order chi connectivity index (χ1) is 12.7. The molecule has 0 aliphatic rings. The van der Waals surface area contributed by atoms with Gasteiger partial charge >= 0.3 is 6.18 Å². The van der Waals surface area contributed by atoms with Crippen molar-refractivity contribution in [1.29, 1.82) is 0 Å². The summed E-state index contributed by atoms with van der Waals surface area (Å²) in [5, 5.41) is 3.58. The lowest BCUT2D eigenvalue weighted by Gasteiger charge is -2.12. The number of halogens is 3. The Bertz CT molecular complexity index is 1010. The standard InChI is InChI=1S/C19H18F3N3OS/c1-10-15-11(2)24-12(3)25-18(15)27-16(10)17(26)23-9-8-13-6-4-5-7-14(13)19(20,21)22/h4-7H,8-9H2,1-3H3,(H,23,26). The van der Waals surface area contributed by atoms with Gasteiger partial charge < -0.3 is 5.32 Å². The molecule has 2 aromatic heterocycles. The van der Waals surface area contributed by atoms with Crippen LogP contribution in [0.1, 0.15) is 37.9 Å².